The minimum atomic E-state index is -4.69. The number of hydrogen-bond donors (Lipinski definition) is 4. The summed E-state index contributed by atoms with van der Waals surface area (Å²) in [4.78, 5) is 43.9. The molecule has 144 valence electrons. The monoisotopic (exact) mass is 388 g/mol. The lowest BCUT2D eigenvalue weighted by molar-refractivity contribution is -0.707. The topological polar surface area (TPSA) is 174 Å². The number of aryl methyl sites for hydroxylation is 1. The van der Waals surface area contributed by atoms with Crippen molar-refractivity contribution >= 4 is 20.1 Å². The Kier molecular flexibility index (Phi) is 6.48. The summed E-state index contributed by atoms with van der Waals surface area (Å²) in [5.41, 5.74) is 0.997. The smallest absolute Gasteiger partial charge is 0.469 e. The zero-order valence-electron chi connectivity index (χ0n) is 14.1. The van der Waals surface area contributed by atoms with Crippen molar-refractivity contribution in [3.63, 3.8) is 0 Å². The number of carboxylic acid groups (broad SMARTS) is 1. The Morgan fingerprint density at radius 1 is 1.50 bits per heavy atom. The highest BCUT2D eigenvalue weighted by molar-refractivity contribution is 7.46. The van der Waals surface area contributed by atoms with E-state index >= 15 is 0 Å². The molecule has 1 aromatic heterocycles. The van der Waals surface area contributed by atoms with Crippen LogP contribution in [0.2, 0.25) is 0 Å². The van der Waals surface area contributed by atoms with Gasteiger partial charge in [-0.1, -0.05) is 0 Å². The summed E-state index contributed by atoms with van der Waals surface area (Å²) in [5.74, 6) is -2.47. The molecular formula is C15H21N2O8P. The van der Waals surface area contributed by atoms with Gasteiger partial charge in [-0.3, -0.25) is 9.51 Å². The molecule has 10 nitrogen and oxygen atoms in total. The highest BCUT2D eigenvalue weighted by Crippen LogP contribution is 2.38. The van der Waals surface area contributed by atoms with Gasteiger partial charge in [0.1, 0.15) is 18.6 Å². The number of quaternary nitrogens is 1. The van der Waals surface area contributed by atoms with Crippen LogP contribution >= 0.6 is 7.82 Å². The van der Waals surface area contributed by atoms with E-state index in [-0.39, 0.29) is 31.2 Å². The van der Waals surface area contributed by atoms with Crippen molar-refractivity contribution in [1.82, 2.24) is 4.98 Å². The number of aldehydes is 1. The molecule has 1 heterocycles. The largest absolute Gasteiger partial charge is 0.550 e. The van der Waals surface area contributed by atoms with Crippen LogP contribution in [0.3, 0.4) is 0 Å². The van der Waals surface area contributed by atoms with Gasteiger partial charge >= 0.3 is 7.82 Å². The van der Waals surface area contributed by atoms with Crippen LogP contribution in [0, 0.1) is 18.8 Å². The summed E-state index contributed by atoms with van der Waals surface area (Å²) in [6.45, 7) is 1.30. The molecule has 0 spiro atoms. The third kappa shape index (κ3) is 5.09. The quantitative estimate of drug-likeness (QED) is 0.293. The van der Waals surface area contributed by atoms with Crippen LogP contribution in [0.15, 0.2) is 6.20 Å². The van der Waals surface area contributed by atoms with E-state index in [1.54, 1.807) is 12.2 Å². The second-order valence-corrected chi connectivity index (χ2v) is 7.59. The number of phosphoric ester groups is 1. The van der Waals surface area contributed by atoms with E-state index in [0.717, 1.165) is 6.29 Å². The fraction of sp³-hybridized carbons (Fsp3) is 0.533. The van der Waals surface area contributed by atoms with Gasteiger partial charge in [0.05, 0.1) is 29.8 Å². The number of pyridine rings is 1. The van der Waals surface area contributed by atoms with Crippen molar-refractivity contribution in [3.05, 3.63) is 23.0 Å². The molecule has 0 unspecified atom stereocenters. The van der Waals surface area contributed by atoms with E-state index in [4.69, 9.17) is 9.79 Å². The molecule has 0 bridgehead atoms. The summed E-state index contributed by atoms with van der Waals surface area (Å²) >= 11 is 0. The van der Waals surface area contributed by atoms with E-state index < -0.39 is 32.2 Å². The Morgan fingerprint density at radius 3 is 2.77 bits per heavy atom. The highest BCUT2D eigenvalue weighted by Gasteiger charge is 2.37. The van der Waals surface area contributed by atoms with Crippen molar-refractivity contribution in [2.45, 2.75) is 39.0 Å². The molecule has 0 saturated heterocycles. The van der Waals surface area contributed by atoms with Gasteiger partial charge in [0.2, 0.25) is 0 Å². The maximum absolute atomic E-state index is 11.2. The molecule has 1 aromatic rings. The first kappa shape index (κ1) is 20.5. The summed E-state index contributed by atoms with van der Waals surface area (Å²) in [7, 11) is -4.69. The molecule has 1 saturated carbocycles. The molecule has 1 aliphatic rings. The maximum Gasteiger partial charge on any atom is 0.469 e. The average molecular weight is 388 g/mol. The van der Waals surface area contributed by atoms with E-state index in [9.17, 15) is 24.4 Å². The van der Waals surface area contributed by atoms with Gasteiger partial charge < -0.3 is 34.9 Å². The van der Waals surface area contributed by atoms with Crippen molar-refractivity contribution < 1.29 is 44.0 Å². The number of aliphatic carboxylic acids is 1. The summed E-state index contributed by atoms with van der Waals surface area (Å²) < 4.78 is 15.4. The summed E-state index contributed by atoms with van der Waals surface area (Å²) in [6, 6.07) is -0.293. The van der Waals surface area contributed by atoms with Gasteiger partial charge in [0.15, 0.2) is 0 Å². The van der Waals surface area contributed by atoms with Gasteiger partial charge in [-0.2, -0.15) is 0 Å². The first-order valence-corrected chi connectivity index (χ1v) is 9.51. The van der Waals surface area contributed by atoms with Crippen LogP contribution in [0.1, 0.15) is 29.7 Å². The first-order chi connectivity index (χ1) is 12.1. The number of nitrogens with two attached hydrogens (primary N) is 1. The van der Waals surface area contributed by atoms with Crippen molar-refractivity contribution in [3.8, 4) is 5.75 Å². The van der Waals surface area contributed by atoms with Crippen LogP contribution in [0.5, 0.6) is 5.75 Å². The first-order valence-electron chi connectivity index (χ1n) is 7.98. The molecule has 0 radical (unpaired) electrons. The van der Waals surface area contributed by atoms with Crippen LogP contribution in [-0.4, -0.2) is 38.2 Å². The number of phosphoric acid groups is 1. The van der Waals surface area contributed by atoms with Gasteiger partial charge in [-0.15, -0.1) is 0 Å². The zero-order chi connectivity index (χ0) is 19.5. The number of aromatic nitrogens is 1. The molecule has 11 heteroatoms. The Balaban J connectivity index is 2.15. The van der Waals surface area contributed by atoms with E-state index in [1.165, 1.54) is 6.20 Å². The summed E-state index contributed by atoms with van der Waals surface area (Å²) in [5, 5.41) is 23.0. The molecular weight excluding hydrogens is 367 g/mol. The molecule has 2 rings (SSSR count). The van der Waals surface area contributed by atoms with Crippen LogP contribution in [0.4, 0.5) is 0 Å². The lowest BCUT2D eigenvalue weighted by Gasteiger charge is -2.17. The van der Waals surface area contributed by atoms with Gasteiger partial charge in [-0.25, -0.2) is 4.57 Å². The molecule has 0 amide bonds. The minimum Gasteiger partial charge on any atom is -0.550 e. The zero-order valence-corrected chi connectivity index (χ0v) is 15.0. The number of rotatable bonds is 8. The minimum absolute atomic E-state index is 0.134. The van der Waals surface area contributed by atoms with Gasteiger partial charge in [-0.05, 0) is 13.3 Å². The number of aromatic hydroxyl groups is 1. The van der Waals surface area contributed by atoms with Crippen molar-refractivity contribution in [2.75, 3.05) is 0 Å². The predicted octanol–water partition coefficient (Wildman–Crippen LogP) is -1.89. The lowest BCUT2D eigenvalue weighted by Crippen LogP contribution is -2.89. The van der Waals surface area contributed by atoms with Crippen LogP contribution in [-0.2, 0) is 31.8 Å². The highest BCUT2D eigenvalue weighted by atomic mass is 31.2. The Hall–Kier alpha value is -1.84. The molecule has 1 aliphatic carbocycles. The Morgan fingerprint density at radius 2 is 2.19 bits per heavy atom. The van der Waals surface area contributed by atoms with E-state index in [0.29, 0.717) is 16.8 Å². The van der Waals surface area contributed by atoms with E-state index in [2.05, 4.69) is 9.51 Å². The van der Waals surface area contributed by atoms with Crippen molar-refractivity contribution in [2.24, 2.45) is 11.8 Å². The fourth-order valence-electron chi connectivity index (χ4n) is 3.18. The van der Waals surface area contributed by atoms with Crippen molar-refractivity contribution in [1.29, 1.82) is 0 Å². The van der Waals surface area contributed by atoms with Crippen LogP contribution < -0.4 is 10.4 Å². The third-order valence-corrected chi connectivity index (χ3v) is 5.08. The summed E-state index contributed by atoms with van der Waals surface area (Å²) in [6.07, 6.45) is 2.55. The molecule has 0 aromatic carbocycles. The van der Waals surface area contributed by atoms with Gasteiger partial charge in [0.25, 0.3) is 0 Å². The number of carbonyl (C=O) groups excluding carboxylic acids is 2. The number of hydrogen-bond acceptors (Lipinski definition) is 7. The fourth-order valence-corrected chi connectivity index (χ4v) is 3.49. The van der Waals surface area contributed by atoms with Crippen LogP contribution in [0.25, 0.3) is 0 Å². The number of carbonyl (C=O) groups is 2. The molecule has 0 aliphatic heterocycles. The maximum atomic E-state index is 11.2. The third-order valence-electron chi connectivity index (χ3n) is 4.61. The standard InChI is InChI=1S/C15H21N2O8P/c1-8-14(19)12(11(4-16-8)7-25-26(22,23)24)5-17-13-3-9(15(20)21)2-10(13)6-18/h4,6,9-10,13,17,19H,2-3,5,7H2,1H3,(H,20,21)(H2,22,23,24)/t9-,10-,13-/m0/s1. The van der Waals surface area contributed by atoms with Gasteiger partial charge in [0, 0.05) is 30.1 Å². The molecule has 3 atom stereocenters. The predicted molar refractivity (Wildman–Crippen MR) is 84.2 cm³/mol. The normalized spacial score (nSPS) is 23.1. The number of carboxylic acids is 1. The molecule has 26 heavy (non-hydrogen) atoms. The Labute approximate surface area is 149 Å². The SMILES string of the molecule is Cc1ncc(COP(=O)(O)O)c(C[NH2+][C@H]2C[C@@H](C(=O)[O-])C[C@H]2C=O)c1O. The molecule has 1 fully saturated rings. The average Bonchev–Trinajstić information content (AvgIpc) is 2.97. The Bertz CT molecular complexity index is 735. The lowest BCUT2D eigenvalue weighted by atomic mass is 10.0. The molecule has 5 N–H and O–H groups in total. The second-order valence-electron chi connectivity index (χ2n) is 6.35. The second kappa shape index (κ2) is 8.24. The number of nitrogens with zero attached hydrogens (tertiary/aromatic N) is 1. The van der Waals surface area contributed by atoms with E-state index in [1.807, 2.05) is 0 Å².